The maximum absolute atomic E-state index is 11.5. The molecule has 0 aromatic heterocycles. The molecule has 0 unspecified atom stereocenters. The van der Waals surface area contributed by atoms with Crippen molar-refractivity contribution in [2.24, 2.45) is 5.92 Å². The van der Waals surface area contributed by atoms with E-state index in [1.54, 1.807) is 0 Å². The number of carboxylic acids is 1. The number of nitrogens with one attached hydrogen (secondary N) is 2. The molecule has 0 radical (unpaired) electrons. The van der Waals surface area contributed by atoms with E-state index in [1.807, 2.05) is 6.92 Å². The largest absolute Gasteiger partial charge is 0.481 e. The number of carbonyl (C=O) groups is 2. The van der Waals surface area contributed by atoms with E-state index in [0.717, 1.165) is 12.3 Å². The van der Waals surface area contributed by atoms with E-state index < -0.39 is 5.97 Å². The third-order valence-electron chi connectivity index (χ3n) is 3.41. The molecule has 1 fully saturated rings. The molecule has 1 rings (SSSR count). The number of carbonyl (C=O) groups excluding carboxylic acids is 1. The standard InChI is InChI=1S/C13H24N2O3/c1-10(9-11-5-3-2-4-6-11)15-13(18)14-8-7-12(16)17/h10-11H,2-9H2,1H3,(H,16,17)(H2,14,15,18)/t10-/m0/s1. The minimum absolute atomic E-state index is 0.0373. The lowest BCUT2D eigenvalue weighted by atomic mass is 9.85. The van der Waals surface area contributed by atoms with E-state index in [1.165, 1.54) is 32.1 Å². The van der Waals surface area contributed by atoms with Gasteiger partial charge in [0.1, 0.15) is 0 Å². The van der Waals surface area contributed by atoms with Gasteiger partial charge in [-0.1, -0.05) is 32.1 Å². The van der Waals surface area contributed by atoms with E-state index in [2.05, 4.69) is 10.6 Å². The van der Waals surface area contributed by atoms with Crippen LogP contribution in [-0.4, -0.2) is 29.7 Å². The zero-order valence-electron chi connectivity index (χ0n) is 11.1. The Morgan fingerprint density at radius 1 is 1.28 bits per heavy atom. The summed E-state index contributed by atoms with van der Waals surface area (Å²) in [5.41, 5.74) is 0. The van der Waals surface area contributed by atoms with Crippen molar-refractivity contribution in [2.45, 2.75) is 57.9 Å². The zero-order valence-corrected chi connectivity index (χ0v) is 11.1. The molecule has 2 amide bonds. The monoisotopic (exact) mass is 256 g/mol. The number of carboxylic acid groups (broad SMARTS) is 1. The number of urea groups is 1. The van der Waals surface area contributed by atoms with Gasteiger partial charge in [0.15, 0.2) is 0 Å². The van der Waals surface area contributed by atoms with Crippen molar-refractivity contribution in [3.8, 4) is 0 Å². The molecule has 1 saturated carbocycles. The minimum atomic E-state index is -0.898. The lowest BCUT2D eigenvalue weighted by Crippen LogP contribution is -2.42. The van der Waals surface area contributed by atoms with Crippen LogP contribution in [0.4, 0.5) is 4.79 Å². The fourth-order valence-electron chi connectivity index (χ4n) is 2.54. The summed E-state index contributed by atoms with van der Waals surface area (Å²) in [6.45, 7) is 2.18. The zero-order chi connectivity index (χ0) is 13.4. The average molecular weight is 256 g/mol. The molecule has 0 aromatic rings. The summed E-state index contributed by atoms with van der Waals surface area (Å²) in [5, 5.41) is 13.9. The summed E-state index contributed by atoms with van der Waals surface area (Å²) in [6, 6.07) is -0.113. The summed E-state index contributed by atoms with van der Waals surface area (Å²) in [5.74, 6) is -0.168. The maximum Gasteiger partial charge on any atom is 0.315 e. The molecule has 3 N–H and O–H groups in total. The second-order valence-corrected chi connectivity index (χ2v) is 5.18. The van der Waals surface area contributed by atoms with E-state index in [0.29, 0.717) is 0 Å². The number of aliphatic carboxylic acids is 1. The van der Waals surface area contributed by atoms with Gasteiger partial charge in [-0.2, -0.15) is 0 Å². The van der Waals surface area contributed by atoms with Crippen molar-refractivity contribution >= 4 is 12.0 Å². The summed E-state index contributed by atoms with van der Waals surface area (Å²) in [7, 11) is 0. The number of hydrogen-bond acceptors (Lipinski definition) is 2. The Kier molecular flexibility index (Phi) is 6.54. The van der Waals surface area contributed by atoms with Gasteiger partial charge in [-0.15, -0.1) is 0 Å². The molecule has 0 bridgehead atoms. The van der Waals surface area contributed by atoms with Crippen molar-refractivity contribution in [1.82, 2.24) is 10.6 Å². The molecule has 1 atom stereocenters. The second kappa shape index (κ2) is 7.95. The van der Waals surface area contributed by atoms with Gasteiger partial charge in [0, 0.05) is 12.6 Å². The summed E-state index contributed by atoms with van der Waals surface area (Å²) >= 11 is 0. The molecule has 0 spiro atoms. The maximum atomic E-state index is 11.5. The second-order valence-electron chi connectivity index (χ2n) is 5.18. The van der Waals surface area contributed by atoms with Crippen molar-refractivity contribution in [2.75, 3.05) is 6.54 Å². The van der Waals surface area contributed by atoms with E-state index in [4.69, 9.17) is 5.11 Å². The molecular formula is C13H24N2O3. The number of rotatable bonds is 6. The van der Waals surface area contributed by atoms with Crippen LogP contribution in [0.15, 0.2) is 0 Å². The highest BCUT2D eigenvalue weighted by Gasteiger charge is 2.17. The van der Waals surface area contributed by atoms with Crippen LogP contribution in [0, 0.1) is 5.92 Å². The molecule has 18 heavy (non-hydrogen) atoms. The number of amides is 2. The highest BCUT2D eigenvalue weighted by atomic mass is 16.4. The first kappa shape index (κ1) is 14.8. The van der Waals surface area contributed by atoms with Gasteiger partial charge in [0.05, 0.1) is 6.42 Å². The van der Waals surface area contributed by atoms with Crippen LogP contribution in [0.5, 0.6) is 0 Å². The first-order chi connectivity index (χ1) is 8.58. The predicted molar refractivity (Wildman–Crippen MR) is 69.4 cm³/mol. The Labute approximate surface area is 108 Å². The fourth-order valence-corrected chi connectivity index (χ4v) is 2.54. The Bertz CT molecular complexity index is 275. The highest BCUT2D eigenvalue weighted by Crippen LogP contribution is 2.27. The normalized spacial score (nSPS) is 18.1. The minimum Gasteiger partial charge on any atom is -0.481 e. The third-order valence-corrected chi connectivity index (χ3v) is 3.41. The Morgan fingerprint density at radius 3 is 2.56 bits per heavy atom. The van der Waals surface area contributed by atoms with Crippen LogP contribution in [-0.2, 0) is 4.79 Å². The van der Waals surface area contributed by atoms with E-state index in [9.17, 15) is 9.59 Å². The van der Waals surface area contributed by atoms with Gasteiger partial charge in [-0.3, -0.25) is 4.79 Å². The predicted octanol–water partition coefficient (Wildman–Crippen LogP) is 2.12. The van der Waals surface area contributed by atoms with Crippen molar-refractivity contribution in [1.29, 1.82) is 0 Å². The third kappa shape index (κ3) is 6.47. The summed E-state index contributed by atoms with van der Waals surface area (Å²) in [4.78, 5) is 21.8. The van der Waals surface area contributed by atoms with Crippen LogP contribution < -0.4 is 10.6 Å². The molecule has 5 heteroatoms. The number of hydrogen-bond donors (Lipinski definition) is 3. The van der Waals surface area contributed by atoms with Crippen LogP contribution in [0.3, 0.4) is 0 Å². The van der Waals surface area contributed by atoms with Crippen LogP contribution >= 0.6 is 0 Å². The van der Waals surface area contributed by atoms with Crippen LogP contribution in [0.1, 0.15) is 51.9 Å². The van der Waals surface area contributed by atoms with E-state index >= 15 is 0 Å². The summed E-state index contributed by atoms with van der Waals surface area (Å²) < 4.78 is 0. The molecule has 0 aromatic carbocycles. The van der Waals surface area contributed by atoms with Gasteiger partial charge in [-0.25, -0.2) is 4.79 Å². The Morgan fingerprint density at radius 2 is 1.94 bits per heavy atom. The lowest BCUT2D eigenvalue weighted by molar-refractivity contribution is -0.136. The van der Waals surface area contributed by atoms with Crippen LogP contribution in [0.25, 0.3) is 0 Å². The molecule has 1 aliphatic carbocycles. The van der Waals surface area contributed by atoms with Gasteiger partial charge in [-0.05, 0) is 19.3 Å². The smallest absolute Gasteiger partial charge is 0.315 e. The Hall–Kier alpha value is -1.26. The van der Waals surface area contributed by atoms with Gasteiger partial charge >= 0.3 is 12.0 Å². The quantitative estimate of drug-likeness (QED) is 0.681. The fraction of sp³-hybridized carbons (Fsp3) is 0.846. The van der Waals surface area contributed by atoms with E-state index in [-0.39, 0.29) is 25.0 Å². The molecular weight excluding hydrogens is 232 g/mol. The average Bonchev–Trinajstić information content (AvgIpc) is 2.29. The first-order valence-electron chi connectivity index (χ1n) is 6.84. The SMILES string of the molecule is C[C@@H](CC1CCCCC1)NC(=O)NCCC(=O)O. The van der Waals surface area contributed by atoms with Gasteiger partial charge < -0.3 is 15.7 Å². The van der Waals surface area contributed by atoms with Gasteiger partial charge in [0.25, 0.3) is 0 Å². The molecule has 0 saturated heterocycles. The molecule has 0 heterocycles. The Balaban J connectivity index is 2.12. The first-order valence-corrected chi connectivity index (χ1v) is 6.84. The molecule has 5 nitrogen and oxygen atoms in total. The topological polar surface area (TPSA) is 78.4 Å². The van der Waals surface area contributed by atoms with Gasteiger partial charge in [0.2, 0.25) is 0 Å². The van der Waals surface area contributed by atoms with Crippen molar-refractivity contribution < 1.29 is 14.7 Å². The molecule has 0 aliphatic heterocycles. The highest BCUT2D eigenvalue weighted by molar-refractivity contribution is 5.75. The van der Waals surface area contributed by atoms with Crippen molar-refractivity contribution in [3.05, 3.63) is 0 Å². The summed E-state index contributed by atoms with van der Waals surface area (Å²) in [6.07, 6.45) is 7.48. The van der Waals surface area contributed by atoms with Crippen molar-refractivity contribution in [3.63, 3.8) is 0 Å². The molecule has 104 valence electrons. The van der Waals surface area contributed by atoms with Crippen LogP contribution in [0.2, 0.25) is 0 Å². The lowest BCUT2D eigenvalue weighted by Gasteiger charge is -2.25. The molecule has 1 aliphatic rings.